The van der Waals surface area contributed by atoms with Gasteiger partial charge < -0.3 is 10.0 Å². The fourth-order valence-corrected chi connectivity index (χ4v) is 1.76. The van der Waals surface area contributed by atoms with Gasteiger partial charge in [0, 0.05) is 31.0 Å². The first kappa shape index (κ1) is 10.6. The molecular weight excluding hydrogens is 206 g/mol. The van der Waals surface area contributed by atoms with Gasteiger partial charge in [0.25, 0.3) is 0 Å². The van der Waals surface area contributed by atoms with Crippen LogP contribution in [0.25, 0.3) is 6.08 Å². The van der Waals surface area contributed by atoms with E-state index in [-0.39, 0.29) is 0 Å². The Morgan fingerprint density at radius 2 is 2.25 bits per heavy atom. The van der Waals surface area contributed by atoms with E-state index in [1.165, 1.54) is 11.2 Å². The van der Waals surface area contributed by atoms with Gasteiger partial charge in [0.1, 0.15) is 6.33 Å². The average molecular weight is 219 g/mol. The summed E-state index contributed by atoms with van der Waals surface area (Å²) in [5, 5.41) is 8.80. The SMILES string of the molecule is O=C(O)N1CC[C@@H](/C=C/c2cncnc2)C1. The smallest absolute Gasteiger partial charge is 0.407 e. The number of carboxylic acid groups (broad SMARTS) is 1. The molecule has 1 saturated heterocycles. The maximum Gasteiger partial charge on any atom is 0.407 e. The summed E-state index contributed by atoms with van der Waals surface area (Å²) >= 11 is 0. The number of likely N-dealkylation sites (tertiary alicyclic amines) is 1. The standard InChI is InChI=1S/C11H13N3O2/c15-11(16)14-4-3-9(7-14)1-2-10-5-12-8-13-6-10/h1-2,5-6,8-9H,3-4,7H2,(H,15,16)/b2-1+/t9-/m1/s1. The van der Waals surface area contributed by atoms with E-state index in [0.29, 0.717) is 19.0 Å². The van der Waals surface area contributed by atoms with Crippen LogP contribution in [0, 0.1) is 5.92 Å². The zero-order valence-corrected chi connectivity index (χ0v) is 8.78. The third-order valence-corrected chi connectivity index (χ3v) is 2.64. The summed E-state index contributed by atoms with van der Waals surface area (Å²) in [7, 11) is 0. The molecule has 1 atom stereocenters. The van der Waals surface area contributed by atoms with Crippen LogP contribution < -0.4 is 0 Å². The van der Waals surface area contributed by atoms with Crippen LogP contribution in [-0.2, 0) is 0 Å². The molecule has 1 aromatic rings. The van der Waals surface area contributed by atoms with Crippen molar-refractivity contribution in [3.63, 3.8) is 0 Å². The van der Waals surface area contributed by atoms with Crippen LogP contribution in [0.2, 0.25) is 0 Å². The largest absolute Gasteiger partial charge is 0.465 e. The Morgan fingerprint density at radius 3 is 2.88 bits per heavy atom. The molecule has 0 unspecified atom stereocenters. The quantitative estimate of drug-likeness (QED) is 0.818. The van der Waals surface area contributed by atoms with Gasteiger partial charge in [0.15, 0.2) is 0 Å². The van der Waals surface area contributed by atoms with Gasteiger partial charge in [-0.05, 0) is 12.3 Å². The first-order valence-electron chi connectivity index (χ1n) is 5.17. The minimum Gasteiger partial charge on any atom is -0.465 e. The molecule has 0 spiro atoms. The van der Waals surface area contributed by atoms with Crippen molar-refractivity contribution in [2.45, 2.75) is 6.42 Å². The van der Waals surface area contributed by atoms with E-state index >= 15 is 0 Å². The summed E-state index contributed by atoms with van der Waals surface area (Å²) in [4.78, 5) is 20.0. The van der Waals surface area contributed by atoms with Crippen molar-refractivity contribution < 1.29 is 9.90 Å². The monoisotopic (exact) mass is 219 g/mol. The van der Waals surface area contributed by atoms with Crippen LogP contribution in [0.1, 0.15) is 12.0 Å². The molecule has 1 aromatic heterocycles. The molecule has 84 valence electrons. The second-order valence-electron chi connectivity index (χ2n) is 3.81. The molecule has 0 aliphatic carbocycles. The highest BCUT2D eigenvalue weighted by atomic mass is 16.4. The Kier molecular flexibility index (Phi) is 3.14. The first-order chi connectivity index (χ1) is 7.75. The Balaban J connectivity index is 1.92. The highest BCUT2D eigenvalue weighted by Crippen LogP contribution is 2.18. The van der Waals surface area contributed by atoms with Crippen LogP contribution in [0.4, 0.5) is 4.79 Å². The van der Waals surface area contributed by atoms with Crippen molar-refractivity contribution >= 4 is 12.2 Å². The molecule has 1 fully saturated rings. The molecule has 5 nitrogen and oxygen atoms in total. The van der Waals surface area contributed by atoms with Gasteiger partial charge in [-0.25, -0.2) is 14.8 Å². The molecule has 1 aliphatic rings. The number of rotatable bonds is 2. The van der Waals surface area contributed by atoms with Gasteiger partial charge in [-0.1, -0.05) is 12.2 Å². The van der Waals surface area contributed by atoms with Gasteiger partial charge in [-0.2, -0.15) is 0 Å². The van der Waals surface area contributed by atoms with Crippen LogP contribution in [-0.4, -0.2) is 39.2 Å². The van der Waals surface area contributed by atoms with Gasteiger partial charge >= 0.3 is 6.09 Å². The third kappa shape index (κ3) is 2.56. The van der Waals surface area contributed by atoms with E-state index in [9.17, 15) is 4.79 Å². The Labute approximate surface area is 93.4 Å². The van der Waals surface area contributed by atoms with E-state index in [0.717, 1.165) is 12.0 Å². The highest BCUT2D eigenvalue weighted by molar-refractivity contribution is 5.65. The predicted molar refractivity (Wildman–Crippen MR) is 58.8 cm³/mol. The van der Waals surface area contributed by atoms with Crippen molar-refractivity contribution in [2.24, 2.45) is 5.92 Å². The maximum absolute atomic E-state index is 10.7. The molecule has 0 aromatic carbocycles. The lowest BCUT2D eigenvalue weighted by Gasteiger charge is -2.09. The lowest BCUT2D eigenvalue weighted by atomic mass is 10.1. The molecule has 0 radical (unpaired) electrons. The van der Waals surface area contributed by atoms with Crippen molar-refractivity contribution in [3.8, 4) is 0 Å². The minimum absolute atomic E-state index is 0.302. The van der Waals surface area contributed by atoms with E-state index in [1.54, 1.807) is 12.4 Å². The molecular formula is C11H13N3O2. The summed E-state index contributed by atoms with van der Waals surface area (Å²) in [5.74, 6) is 0.302. The molecule has 16 heavy (non-hydrogen) atoms. The maximum atomic E-state index is 10.7. The lowest BCUT2D eigenvalue weighted by Crippen LogP contribution is -2.26. The fraction of sp³-hybridized carbons (Fsp3) is 0.364. The van der Waals surface area contributed by atoms with E-state index in [4.69, 9.17) is 5.11 Å². The highest BCUT2D eigenvalue weighted by Gasteiger charge is 2.23. The number of nitrogens with zero attached hydrogens (tertiary/aromatic N) is 3. The van der Waals surface area contributed by atoms with Crippen molar-refractivity contribution in [3.05, 3.63) is 30.4 Å². The molecule has 1 N–H and O–H groups in total. The Hall–Kier alpha value is -1.91. The normalized spacial score (nSPS) is 20.5. The summed E-state index contributed by atoms with van der Waals surface area (Å²) in [5.41, 5.74) is 0.941. The zero-order chi connectivity index (χ0) is 11.4. The third-order valence-electron chi connectivity index (χ3n) is 2.64. The Bertz CT molecular complexity index is 391. The summed E-state index contributed by atoms with van der Waals surface area (Å²) in [6.45, 7) is 1.20. The number of aromatic nitrogens is 2. The summed E-state index contributed by atoms with van der Waals surface area (Å²) in [6, 6.07) is 0. The van der Waals surface area contributed by atoms with Crippen LogP contribution in [0.15, 0.2) is 24.8 Å². The van der Waals surface area contributed by atoms with Crippen molar-refractivity contribution in [1.29, 1.82) is 0 Å². The molecule has 1 amide bonds. The molecule has 2 rings (SSSR count). The molecule has 1 aliphatic heterocycles. The van der Waals surface area contributed by atoms with Crippen molar-refractivity contribution in [1.82, 2.24) is 14.9 Å². The molecule has 0 saturated carbocycles. The summed E-state index contributed by atoms with van der Waals surface area (Å²) < 4.78 is 0. The summed E-state index contributed by atoms with van der Waals surface area (Å²) in [6.07, 6.45) is 8.97. The second-order valence-corrected chi connectivity index (χ2v) is 3.81. The topological polar surface area (TPSA) is 66.3 Å². The van der Waals surface area contributed by atoms with Crippen LogP contribution in [0.3, 0.4) is 0 Å². The molecule has 5 heteroatoms. The van der Waals surface area contributed by atoms with Gasteiger partial charge in [0.05, 0.1) is 0 Å². The number of hydrogen-bond donors (Lipinski definition) is 1. The van der Waals surface area contributed by atoms with Gasteiger partial charge in [-0.3, -0.25) is 0 Å². The van der Waals surface area contributed by atoms with Crippen molar-refractivity contribution in [2.75, 3.05) is 13.1 Å². The fourth-order valence-electron chi connectivity index (χ4n) is 1.76. The van der Waals surface area contributed by atoms with Gasteiger partial charge in [0.2, 0.25) is 0 Å². The molecule has 2 heterocycles. The Morgan fingerprint density at radius 1 is 1.50 bits per heavy atom. The molecule has 0 bridgehead atoms. The number of hydrogen-bond acceptors (Lipinski definition) is 3. The predicted octanol–water partition coefficient (Wildman–Crippen LogP) is 1.49. The second kappa shape index (κ2) is 4.74. The average Bonchev–Trinajstić information content (AvgIpc) is 2.76. The minimum atomic E-state index is -0.834. The zero-order valence-electron chi connectivity index (χ0n) is 8.78. The van der Waals surface area contributed by atoms with Gasteiger partial charge in [-0.15, -0.1) is 0 Å². The van der Waals surface area contributed by atoms with E-state index in [2.05, 4.69) is 9.97 Å². The lowest BCUT2D eigenvalue weighted by molar-refractivity contribution is 0.155. The first-order valence-corrected chi connectivity index (χ1v) is 5.17. The number of amides is 1. The van der Waals surface area contributed by atoms with Crippen LogP contribution >= 0.6 is 0 Å². The van der Waals surface area contributed by atoms with Crippen LogP contribution in [0.5, 0.6) is 0 Å². The number of carbonyl (C=O) groups is 1. The van der Waals surface area contributed by atoms with E-state index in [1.807, 2.05) is 12.2 Å². The van der Waals surface area contributed by atoms with E-state index < -0.39 is 6.09 Å².